The van der Waals surface area contributed by atoms with Crippen LogP contribution in [0, 0.1) is 13.8 Å². The highest BCUT2D eigenvalue weighted by atomic mass is 32.2. The summed E-state index contributed by atoms with van der Waals surface area (Å²) < 4.78 is 162. The van der Waals surface area contributed by atoms with Crippen molar-refractivity contribution >= 4 is 27.0 Å². The molecule has 1 aromatic rings. The monoisotopic (exact) mass is 605 g/mol. The van der Waals surface area contributed by atoms with Gasteiger partial charge in [0.25, 0.3) is 0 Å². The maximum absolute atomic E-state index is 12.8. The summed E-state index contributed by atoms with van der Waals surface area (Å²) in [5.74, 6) is -13.6. The molecule has 0 bridgehead atoms. The lowest BCUT2D eigenvalue weighted by Crippen LogP contribution is -2.60. The number of hydrogen-bond donors (Lipinski definition) is 0. The first-order valence-electron chi connectivity index (χ1n) is 9.23. The molecule has 1 rings (SSSR count). The fourth-order valence-corrected chi connectivity index (χ4v) is 3.67. The molecule has 0 amide bonds. The second-order valence-corrected chi connectivity index (χ2v) is 10.9. The van der Waals surface area contributed by atoms with Crippen LogP contribution in [0.4, 0.5) is 48.3 Å². The van der Waals surface area contributed by atoms with Gasteiger partial charge in [-0.05, 0) is 37.1 Å². The van der Waals surface area contributed by atoms with Gasteiger partial charge in [0.1, 0.15) is 18.3 Å². The Morgan fingerprint density at radius 2 is 1.38 bits per heavy atom. The minimum atomic E-state index is -7.28. The molecular formula is C18H20F11O6S2+. The number of rotatable bonds is 9. The van der Waals surface area contributed by atoms with Crippen molar-refractivity contribution < 1.29 is 75.5 Å². The number of esters is 1. The standard InChI is InChI=1S/C12H17O2S.C6H3F11O4S/c1-8-6-11(15(4)5)7-9(2)12(8)14-10(3)13;7-2(8)4(12,13)5(14,15)6(16,17)22(18,19)21-20-1-3(9,10)11/h6-7H,1-5H3;2H,1H2/q+1;. The first-order valence-corrected chi connectivity index (χ1v) is 12.7. The third kappa shape index (κ3) is 8.85. The molecule has 0 aliphatic carbocycles. The molecule has 0 N–H and O–H groups in total. The molecule has 0 heterocycles. The Morgan fingerprint density at radius 1 is 0.946 bits per heavy atom. The lowest BCUT2D eigenvalue weighted by atomic mass is 10.1. The largest absolute Gasteiger partial charge is 0.440 e. The summed E-state index contributed by atoms with van der Waals surface area (Å²) >= 11 is 0. The average Bonchev–Trinajstić information content (AvgIpc) is 2.69. The highest BCUT2D eigenvalue weighted by Gasteiger charge is 2.81. The molecule has 0 aliphatic heterocycles. The molecule has 0 saturated carbocycles. The normalized spacial score (nSPS) is 13.5. The predicted molar refractivity (Wildman–Crippen MR) is 108 cm³/mol. The van der Waals surface area contributed by atoms with E-state index in [1.807, 2.05) is 13.8 Å². The van der Waals surface area contributed by atoms with Gasteiger partial charge in [-0.3, -0.25) is 4.79 Å². The van der Waals surface area contributed by atoms with Crippen molar-refractivity contribution in [1.82, 2.24) is 0 Å². The molecule has 37 heavy (non-hydrogen) atoms. The second-order valence-electron chi connectivity index (χ2n) is 7.21. The number of ether oxygens (including phenoxy) is 1. The highest BCUT2D eigenvalue weighted by molar-refractivity contribution is 7.95. The number of carbonyl (C=O) groups excluding carboxylic acids is 1. The molecule has 19 heteroatoms. The van der Waals surface area contributed by atoms with Gasteiger partial charge in [-0.25, -0.2) is 13.7 Å². The second kappa shape index (κ2) is 12.3. The average molecular weight is 605 g/mol. The van der Waals surface area contributed by atoms with Gasteiger partial charge in [-0.1, -0.05) is 0 Å². The Balaban J connectivity index is 0.000000749. The van der Waals surface area contributed by atoms with Crippen LogP contribution in [-0.2, 0) is 35.0 Å². The van der Waals surface area contributed by atoms with Crippen LogP contribution in [0.3, 0.4) is 0 Å². The van der Waals surface area contributed by atoms with E-state index in [2.05, 4.69) is 33.9 Å². The van der Waals surface area contributed by atoms with Crippen molar-refractivity contribution in [2.24, 2.45) is 0 Å². The zero-order valence-electron chi connectivity index (χ0n) is 19.4. The van der Waals surface area contributed by atoms with E-state index in [1.165, 1.54) is 11.8 Å². The molecule has 6 nitrogen and oxygen atoms in total. The van der Waals surface area contributed by atoms with Gasteiger partial charge >= 0.3 is 45.8 Å². The van der Waals surface area contributed by atoms with E-state index in [0.29, 0.717) is 5.75 Å². The quantitative estimate of drug-likeness (QED) is 0.0935. The lowest BCUT2D eigenvalue weighted by molar-refractivity contribution is -0.324. The summed E-state index contributed by atoms with van der Waals surface area (Å²) in [6.45, 7) is 2.68. The van der Waals surface area contributed by atoms with E-state index >= 15 is 0 Å². The van der Waals surface area contributed by atoms with Gasteiger partial charge in [-0.2, -0.15) is 47.9 Å². The van der Waals surface area contributed by atoms with Crippen molar-refractivity contribution in [3.05, 3.63) is 23.3 Å². The zero-order valence-corrected chi connectivity index (χ0v) is 21.0. The SMILES string of the molecule is CC(=O)Oc1c(C)cc([S+](C)C)cc1C.O=S(=O)(OOCC(F)(F)F)C(F)(F)C(F)(F)C(F)(F)C(F)F. The number of halogens is 11. The van der Waals surface area contributed by atoms with Crippen LogP contribution in [0.15, 0.2) is 17.0 Å². The molecule has 0 aliphatic rings. The molecule has 0 unspecified atom stereocenters. The van der Waals surface area contributed by atoms with E-state index in [9.17, 15) is 61.5 Å². The number of carbonyl (C=O) groups is 1. The molecule has 0 radical (unpaired) electrons. The van der Waals surface area contributed by atoms with Crippen molar-refractivity contribution in [2.45, 2.75) is 55.4 Å². The Bertz CT molecular complexity index is 1020. The number of benzene rings is 1. The first kappa shape index (κ1) is 35.1. The maximum Gasteiger partial charge on any atom is 0.440 e. The zero-order chi connectivity index (χ0) is 29.8. The first-order chi connectivity index (χ1) is 16.3. The van der Waals surface area contributed by atoms with Crippen LogP contribution in [-0.4, -0.2) is 63.2 Å². The van der Waals surface area contributed by atoms with Crippen LogP contribution in [0.1, 0.15) is 18.1 Å². The van der Waals surface area contributed by atoms with E-state index in [0.717, 1.165) is 11.1 Å². The molecule has 0 fully saturated rings. The fourth-order valence-electron chi connectivity index (χ4n) is 2.14. The molecule has 1 aromatic carbocycles. The van der Waals surface area contributed by atoms with Crippen LogP contribution in [0.2, 0.25) is 0 Å². The summed E-state index contributed by atoms with van der Waals surface area (Å²) in [6.07, 6.45) is -6.42. The number of alkyl halides is 11. The third-order valence-electron chi connectivity index (χ3n) is 3.88. The number of hydrogen-bond acceptors (Lipinski definition) is 6. The van der Waals surface area contributed by atoms with Gasteiger partial charge in [0.2, 0.25) is 0 Å². The minimum absolute atomic E-state index is 0.239. The van der Waals surface area contributed by atoms with Gasteiger partial charge in [0.05, 0.1) is 0 Å². The van der Waals surface area contributed by atoms with Crippen molar-refractivity contribution in [1.29, 1.82) is 0 Å². The summed E-state index contributed by atoms with van der Waals surface area (Å²) in [5.41, 5.74) is 2.06. The van der Waals surface area contributed by atoms with Crippen molar-refractivity contribution in [3.8, 4) is 5.75 Å². The van der Waals surface area contributed by atoms with Crippen LogP contribution >= 0.6 is 0 Å². The number of aryl methyl sites for hydroxylation is 2. The summed E-state index contributed by atoms with van der Waals surface area (Å²) in [6, 6.07) is 4.18. The van der Waals surface area contributed by atoms with Crippen LogP contribution in [0.5, 0.6) is 5.75 Å². The summed E-state index contributed by atoms with van der Waals surface area (Å²) in [4.78, 5) is 14.9. The minimum Gasteiger partial charge on any atom is -0.426 e. The highest BCUT2D eigenvalue weighted by Crippen LogP contribution is 2.51. The van der Waals surface area contributed by atoms with E-state index in [4.69, 9.17) is 4.74 Å². The molecule has 0 saturated heterocycles. The van der Waals surface area contributed by atoms with Gasteiger partial charge in [0, 0.05) is 17.8 Å². The van der Waals surface area contributed by atoms with Crippen LogP contribution in [0.25, 0.3) is 0 Å². The fraction of sp³-hybridized carbons (Fsp3) is 0.611. The lowest BCUT2D eigenvalue weighted by Gasteiger charge is -2.30. The van der Waals surface area contributed by atoms with Crippen molar-refractivity contribution in [3.63, 3.8) is 0 Å². The summed E-state index contributed by atoms with van der Waals surface area (Å²) in [5, 5.41) is -7.02. The third-order valence-corrected chi connectivity index (χ3v) is 6.22. The van der Waals surface area contributed by atoms with Crippen LogP contribution < -0.4 is 4.74 Å². The molecule has 0 atom stereocenters. The Hall–Kier alpha value is -1.86. The topological polar surface area (TPSA) is 78.9 Å². The predicted octanol–water partition coefficient (Wildman–Crippen LogP) is 5.42. The smallest absolute Gasteiger partial charge is 0.426 e. The van der Waals surface area contributed by atoms with E-state index in [1.54, 1.807) is 0 Å². The van der Waals surface area contributed by atoms with Crippen molar-refractivity contribution in [2.75, 3.05) is 19.1 Å². The molecule has 0 spiro atoms. The Labute approximate surface area is 206 Å². The molecule has 0 aromatic heterocycles. The van der Waals surface area contributed by atoms with E-state index < -0.39 is 46.4 Å². The maximum atomic E-state index is 12.8. The summed E-state index contributed by atoms with van der Waals surface area (Å²) in [7, 11) is -7.04. The molecule has 216 valence electrons. The molecular weight excluding hydrogens is 585 g/mol. The van der Waals surface area contributed by atoms with Gasteiger partial charge < -0.3 is 4.74 Å². The van der Waals surface area contributed by atoms with Gasteiger partial charge in [-0.15, -0.1) is 4.33 Å². The Morgan fingerprint density at radius 3 is 1.70 bits per heavy atom. The Kier molecular flexibility index (Phi) is 11.7. The van der Waals surface area contributed by atoms with Gasteiger partial charge in [0.15, 0.2) is 11.5 Å². The van der Waals surface area contributed by atoms with E-state index in [-0.39, 0.29) is 16.9 Å².